The molecule has 0 atom stereocenters. The Morgan fingerprint density at radius 3 is 2.73 bits per heavy atom. The van der Waals surface area contributed by atoms with Crippen molar-refractivity contribution in [2.45, 2.75) is 12.2 Å². The molecule has 7 heteroatoms. The lowest BCUT2D eigenvalue weighted by atomic mass is 10.1. The Balaban J connectivity index is 1.49. The van der Waals surface area contributed by atoms with Gasteiger partial charge in [-0.15, -0.1) is 23.1 Å². The second kappa shape index (κ2) is 9.42. The van der Waals surface area contributed by atoms with Crippen molar-refractivity contribution < 1.29 is 4.79 Å². The molecule has 1 N–H and O–H groups in total. The van der Waals surface area contributed by atoms with Crippen LogP contribution in [-0.2, 0) is 17.0 Å². The Morgan fingerprint density at radius 1 is 1.15 bits per heavy atom. The topological polar surface area (TPSA) is 42.0 Å². The van der Waals surface area contributed by atoms with Crippen LogP contribution in [0.2, 0.25) is 10.0 Å². The van der Waals surface area contributed by atoms with Gasteiger partial charge in [-0.2, -0.15) is 0 Å². The fraction of sp³-hybridized carbons (Fsp3) is 0.158. The highest BCUT2D eigenvalue weighted by Crippen LogP contribution is 2.27. The molecule has 2 aromatic carbocycles. The van der Waals surface area contributed by atoms with E-state index in [1.165, 1.54) is 16.9 Å². The Morgan fingerprint density at radius 2 is 1.96 bits per heavy atom. The van der Waals surface area contributed by atoms with Crippen molar-refractivity contribution in [1.29, 1.82) is 0 Å². The van der Waals surface area contributed by atoms with E-state index in [9.17, 15) is 4.79 Å². The summed E-state index contributed by atoms with van der Waals surface area (Å²) in [6.45, 7) is 0. The predicted molar refractivity (Wildman–Crippen MR) is 113 cm³/mol. The molecule has 1 amide bonds. The first-order valence-corrected chi connectivity index (χ1v) is 10.6. The van der Waals surface area contributed by atoms with Gasteiger partial charge in [-0.05, 0) is 23.3 Å². The summed E-state index contributed by atoms with van der Waals surface area (Å²) in [7, 11) is 0. The summed E-state index contributed by atoms with van der Waals surface area (Å²) in [4.78, 5) is 17.4. The normalized spacial score (nSPS) is 10.7. The first-order chi connectivity index (χ1) is 12.6. The van der Waals surface area contributed by atoms with Crippen LogP contribution in [0.1, 0.15) is 16.0 Å². The van der Waals surface area contributed by atoms with Gasteiger partial charge < -0.3 is 5.32 Å². The number of nitrogens with zero attached hydrogens (tertiary/aromatic N) is 1. The van der Waals surface area contributed by atoms with Gasteiger partial charge in [-0.25, -0.2) is 4.98 Å². The van der Waals surface area contributed by atoms with E-state index in [4.69, 9.17) is 23.2 Å². The molecule has 1 aromatic heterocycles. The molecule has 0 unspecified atom stereocenters. The molecular formula is C19H16Cl2N2OS2. The molecule has 0 radical (unpaired) electrons. The van der Waals surface area contributed by atoms with E-state index >= 15 is 0 Å². The Labute approximate surface area is 170 Å². The minimum Gasteiger partial charge on any atom is -0.301 e. The largest absolute Gasteiger partial charge is 0.301 e. The predicted octanol–water partition coefficient (Wildman–Crippen LogP) is 5.91. The lowest BCUT2D eigenvalue weighted by Gasteiger charge is -2.03. The number of carbonyl (C=O) groups excluding carboxylic acids is 1. The van der Waals surface area contributed by atoms with E-state index < -0.39 is 0 Å². The molecule has 0 aliphatic rings. The molecule has 3 nitrogen and oxygen atoms in total. The maximum absolute atomic E-state index is 12.1. The second-order valence-corrected chi connectivity index (χ2v) is 8.52. The minimum atomic E-state index is -0.0450. The highest BCUT2D eigenvalue weighted by molar-refractivity contribution is 7.99. The van der Waals surface area contributed by atoms with Crippen LogP contribution in [0, 0.1) is 0 Å². The quantitative estimate of drug-likeness (QED) is 0.514. The Hall–Kier alpha value is -1.53. The maximum atomic E-state index is 12.1. The number of rotatable bonds is 7. The van der Waals surface area contributed by atoms with E-state index in [1.807, 2.05) is 30.3 Å². The van der Waals surface area contributed by atoms with Crippen molar-refractivity contribution in [1.82, 2.24) is 4.98 Å². The molecule has 3 rings (SSSR count). The molecule has 0 saturated carbocycles. The summed E-state index contributed by atoms with van der Waals surface area (Å²) in [6.07, 6.45) is 2.43. The highest BCUT2D eigenvalue weighted by Gasteiger charge is 2.09. The van der Waals surface area contributed by atoms with E-state index in [-0.39, 0.29) is 5.91 Å². The number of carbonyl (C=O) groups is 1. The number of thioether (sulfide) groups is 1. The van der Waals surface area contributed by atoms with Gasteiger partial charge >= 0.3 is 0 Å². The summed E-state index contributed by atoms with van der Waals surface area (Å²) in [6, 6.07) is 15.5. The fourth-order valence-electron chi connectivity index (χ4n) is 2.29. The standard InChI is InChI=1S/C19H16Cl2N2OS2/c20-15-7-6-14(17(21)9-15)8-16-10-22-19(26-16)23-18(24)12-25-11-13-4-2-1-3-5-13/h1-7,9-10H,8,11-12H2,(H,22,23,24). The number of halogens is 2. The van der Waals surface area contributed by atoms with Gasteiger partial charge in [0.05, 0.1) is 5.75 Å². The smallest absolute Gasteiger partial charge is 0.236 e. The van der Waals surface area contributed by atoms with E-state index in [0.29, 0.717) is 27.4 Å². The van der Waals surface area contributed by atoms with E-state index in [2.05, 4.69) is 22.4 Å². The minimum absolute atomic E-state index is 0.0450. The van der Waals surface area contributed by atoms with Crippen molar-refractivity contribution in [2.75, 3.05) is 11.1 Å². The number of hydrogen-bond donors (Lipinski definition) is 1. The van der Waals surface area contributed by atoms with Gasteiger partial charge in [0.2, 0.25) is 5.91 Å². The third-order valence-electron chi connectivity index (χ3n) is 3.52. The van der Waals surface area contributed by atoms with Crippen LogP contribution >= 0.6 is 46.3 Å². The molecular weight excluding hydrogens is 407 g/mol. The van der Waals surface area contributed by atoms with Gasteiger partial charge in [0, 0.05) is 33.3 Å². The Bertz CT molecular complexity index is 884. The molecule has 3 aromatic rings. The number of anilines is 1. The van der Waals surface area contributed by atoms with Crippen LogP contribution in [0.4, 0.5) is 5.13 Å². The highest BCUT2D eigenvalue weighted by atomic mass is 35.5. The van der Waals surface area contributed by atoms with Gasteiger partial charge in [0.15, 0.2) is 5.13 Å². The number of thiazole rings is 1. The number of benzene rings is 2. The molecule has 0 aliphatic carbocycles. The molecule has 1 heterocycles. The number of hydrogen-bond acceptors (Lipinski definition) is 4. The Kier molecular flexibility index (Phi) is 6.97. The zero-order chi connectivity index (χ0) is 18.4. The van der Waals surface area contributed by atoms with Crippen molar-refractivity contribution in [2.24, 2.45) is 0 Å². The molecule has 0 bridgehead atoms. The SMILES string of the molecule is O=C(CSCc1ccccc1)Nc1ncc(Cc2ccc(Cl)cc2Cl)s1. The fourth-order valence-corrected chi connectivity index (χ4v) is 4.41. The lowest BCUT2D eigenvalue weighted by molar-refractivity contribution is -0.113. The van der Waals surface area contributed by atoms with E-state index in [0.717, 1.165) is 16.2 Å². The molecule has 0 spiro atoms. The van der Waals surface area contributed by atoms with Crippen molar-refractivity contribution >= 4 is 57.3 Å². The number of nitrogens with one attached hydrogen (secondary N) is 1. The van der Waals surface area contributed by atoms with Crippen molar-refractivity contribution in [3.63, 3.8) is 0 Å². The average molecular weight is 423 g/mol. The molecule has 0 fully saturated rings. The van der Waals surface area contributed by atoms with Gasteiger partial charge in [-0.3, -0.25) is 4.79 Å². The average Bonchev–Trinajstić information content (AvgIpc) is 3.05. The summed E-state index contributed by atoms with van der Waals surface area (Å²) in [5, 5.41) is 4.71. The first kappa shape index (κ1) is 19.2. The molecule has 26 heavy (non-hydrogen) atoms. The lowest BCUT2D eigenvalue weighted by Crippen LogP contribution is -2.13. The summed E-state index contributed by atoms with van der Waals surface area (Å²) < 4.78 is 0. The monoisotopic (exact) mass is 422 g/mol. The maximum Gasteiger partial charge on any atom is 0.236 e. The van der Waals surface area contributed by atoms with Gasteiger partial charge in [0.25, 0.3) is 0 Å². The summed E-state index contributed by atoms with van der Waals surface area (Å²) in [5.74, 6) is 1.16. The van der Waals surface area contributed by atoms with Crippen LogP contribution in [0.15, 0.2) is 54.7 Å². The van der Waals surface area contributed by atoms with Crippen LogP contribution in [-0.4, -0.2) is 16.6 Å². The molecule has 0 aliphatic heterocycles. The second-order valence-electron chi connectivity index (χ2n) is 5.57. The first-order valence-electron chi connectivity index (χ1n) is 7.90. The third-order valence-corrected chi connectivity index (χ3v) is 6.03. The number of aromatic nitrogens is 1. The third kappa shape index (κ3) is 5.74. The van der Waals surface area contributed by atoms with Crippen LogP contribution in [0.5, 0.6) is 0 Å². The van der Waals surface area contributed by atoms with Crippen LogP contribution in [0.3, 0.4) is 0 Å². The van der Waals surface area contributed by atoms with Crippen LogP contribution < -0.4 is 5.32 Å². The van der Waals surface area contributed by atoms with Gasteiger partial charge in [-0.1, -0.05) is 59.6 Å². The summed E-state index contributed by atoms with van der Waals surface area (Å²) in [5.41, 5.74) is 2.19. The molecule has 134 valence electrons. The van der Waals surface area contributed by atoms with Crippen molar-refractivity contribution in [3.8, 4) is 0 Å². The summed E-state index contributed by atoms with van der Waals surface area (Å²) >= 11 is 15.2. The van der Waals surface area contributed by atoms with E-state index in [1.54, 1.807) is 24.0 Å². The van der Waals surface area contributed by atoms with Crippen molar-refractivity contribution in [3.05, 3.63) is 80.8 Å². The molecule has 0 saturated heterocycles. The van der Waals surface area contributed by atoms with Gasteiger partial charge in [0.1, 0.15) is 0 Å². The zero-order valence-corrected chi connectivity index (χ0v) is 16.9. The van der Waals surface area contributed by atoms with Crippen LogP contribution in [0.25, 0.3) is 0 Å². The zero-order valence-electron chi connectivity index (χ0n) is 13.7. The number of amides is 1.